The summed E-state index contributed by atoms with van der Waals surface area (Å²) in [5.74, 6) is 0.358. The number of ether oxygens (including phenoxy) is 1. The molecule has 2 aliphatic rings. The van der Waals surface area contributed by atoms with Gasteiger partial charge in [0.05, 0.1) is 0 Å². The molecule has 0 N–H and O–H groups in total. The van der Waals surface area contributed by atoms with Gasteiger partial charge < -0.3 is 9.64 Å². The van der Waals surface area contributed by atoms with Gasteiger partial charge in [0, 0.05) is 36.3 Å². The molecule has 2 fully saturated rings. The van der Waals surface area contributed by atoms with E-state index in [0.717, 1.165) is 43.4 Å². The topological polar surface area (TPSA) is 59.5 Å². The second-order valence-electron chi connectivity index (χ2n) is 8.14. The van der Waals surface area contributed by atoms with E-state index in [2.05, 4.69) is 4.98 Å². The van der Waals surface area contributed by atoms with E-state index in [-0.39, 0.29) is 24.1 Å². The molecular formula is C24H28N2O3. The number of Topliss-reactive ketones (excluding diaryl/α,β-unsaturated/α-hetero) is 1. The van der Waals surface area contributed by atoms with Crippen molar-refractivity contribution in [2.75, 3.05) is 0 Å². The van der Waals surface area contributed by atoms with Gasteiger partial charge in [0.1, 0.15) is 12.4 Å². The summed E-state index contributed by atoms with van der Waals surface area (Å²) < 4.78 is 5.60. The molecule has 1 aromatic heterocycles. The summed E-state index contributed by atoms with van der Waals surface area (Å²) >= 11 is 0. The van der Waals surface area contributed by atoms with Gasteiger partial charge in [0.2, 0.25) is 0 Å². The van der Waals surface area contributed by atoms with Crippen LogP contribution >= 0.6 is 0 Å². The minimum atomic E-state index is -0.233. The van der Waals surface area contributed by atoms with Crippen molar-refractivity contribution < 1.29 is 14.3 Å². The molecule has 29 heavy (non-hydrogen) atoms. The first-order valence-electron chi connectivity index (χ1n) is 10.6. The number of aromatic nitrogens is 1. The smallest absolute Gasteiger partial charge is 0.410 e. The molecular weight excluding hydrogens is 364 g/mol. The number of hydrogen-bond acceptors (Lipinski definition) is 4. The highest BCUT2D eigenvalue weighted by Crippen LogP contribution is 2.38. The van der Waals surface area contributed by atoms with Crippen LogP contribution in [0.5, 0.6) is 0 Å². The lowest BCUT2D eigenvalue weighted by molar-refractivity contribution is -0.126. The number of amides is 1. The third-order valence-electron chi connectivity index (χ3n) is 6.20. The summed E-state index contributed by atoms with van der Waals surface area (Å²) in [7, 11) is 0. The third-order valence-corrected chi connectivity index (χ3v) is 6.20. The third kappa shape index (κ3) is 4.84. The molecule has 2 bridgehead atoms. The highest BCUT2D eigenvalue weighted by atomic mass is 16.6. The Kier molecular flexibility index (Phi) is 6.23. The number of pyridine rings is 1. The van der Waals surface area contributed by atoms with Crippen molar-refractivity contribution >= 4 is 11.9 Å². The van der Waals surface area contributed by atoms with Crippen molar-refractivity contribution in [2.45, 2.75) is 63.6 Å². The van der Waals surface area contributed by atoms with E-state index in [1.807, 2.05) is 53.4 Å². The highest BCUT2D eigenvalue weighted by Gasteiger charge is 2.43. The van der Waals surface area contributed by atoms with Gasteiger partial charge in [-0.3, -0.25) is 9.78 Å². The SMILES string of the molecule is O=C(CCc1ccccn1)C1CC2CCCC(C1)N2C(=O)OCc1ccccc1. The van der Waals surface area contributed by atoms with E-state index in [1.165, 1.54) is 0 Å². The van der Waals surface area contributed by atoms with Gasteiger partial charge in [0.25, 0.3) is 0 Å². The standard InChI is InChI=1S/C24H28N2O3/c27-23(13-12-20-9-4-5-14-25-20)19-15-21-10-6-11-22(16-19)26(21)24(28)29-17-18-7-2-1-3-8-18/h1-5,7-9,14,19,21-22H,6,10-13,15-17H2. The lowest BCUT2D eigenvalue weighted by atomic mass is 9.76. The molecule has 0 aliphatic carbocycles. The van der Waals surface area contributed by atoms with Crippen LogP contribution in [-0.2, 0) is 22.6 Å². The normalized spacial score (nSPS) is 23.4. The first kappa shape index (κ1) is 19.6. The van der Waals surface area contributed by atoms with E-state index >= 15 is 0 Å². The molecule has 2 unspecified atom stereocenters. The zero-order valence-electron chi connectivity index (χ0n) is 16.7. The van der Waals surface area contributed by atoms with E-state index < -0.39 is 0 Å². The number of nitrogens with zero attached hydrogens (tertiary/aromatic N) is 2. The monoisotopic (exact) mass is 392 g/mol. The maximum Gasteiger partial charge on any atom is 0.410 e. The van der Waals surface area contributed by atoms with Crippen LogP contribution in [0.1, 0.15) is 49.8 Å². The molecule has 5 heteroatoms. The number of rotatable bonds is 6. The number of ketones is 1. The van der Waals surface area contributed by atoms with Crippen molar-refractivity contribution in [2.24, 2.45) is 5.92 Å². The molecule has 1 amide bonds. The quantitative estimate of drug-likeness (QED) is 0.723. The van der Waals surface area contributed by atoms with Gasteiger partial charge in [-0.2, -0.15) is 0 Å². The van der Waals surface area contributed by atoms with Crippen molar-refractivity contribution in [3.8, 4) is 0 Å². The van der Waals surface area contributed by atoms with Crippen LogP contribution in [0.25, 0.3) is 0 Å². The lowest BCUT2D eigenvalue weighted by Gasteiger charge is -2.47. The van der Waals surface area contributed by atoms with E-state index in [4.69, 9.17) is 4.74 Å². The summed E-state index contributed by atoms with van der Waals surface area (Å²) in [5.41, 5.74) is 1.95. The number of carbonyl (C=O) groups excluding carboxylic acids is 2. The number of benzene rings is 1. The Morgan fingerprint density at radius 2 is 1.72 bits per heavy atom. The summed E-state index contributed by atoms with van der Waals surface area (Å²) in [5, 5.41) is 0. The van der Waals surface area contributed by atoms with Crippen LogP contribution in [0.15, 0.2) is 54.7 Å². The Morgan fingerprint density at radius 3 is 2.41 bits per heavy atom. The molecule has 2 aliphatic heterocycles. The predicted octanol–water partition coefficient (Wildman–Crippen LogP) is 4.55. The predicted molar refractivity (Wildman–Crippen MR) is 110 cm³/mol. The second kappa shape index (κ2) is 9.21. The second-order valence-corrected chi connectivity index (χ2v) is 8.14. The van der Waals surface area contributed by atoms with Crippen LogP contribution in [-0.4, -0.2) is 33.8 Å². The Bertz CT molecular complexity index is 811. The Morgan fingerprint density at radius 1 is 1.00 bits per heavy atom. The minimum Gasteiger partial charge on any atom is -0.445 e. The van der Waals surface area contributed by atoms with Crippen LogP contribution < -0.4 is 0 Å². The van der Waals surface area contributed by atoms with Gasteiger partial charge in [0.15, 0.2) is 0 Å². The molecule has 2 aromatic rings. The van der Waals surface area contributed by atoms with Crippen LogP contribution in [0.2, 0.25) is 0 Å². The van der Waals surface area contributed by atoms with Crippen LogP contribution in [0, 0.1) is 5.92 Å². The fourth-order valence-corrected chi connectivity index (χ4v) is 4.74. The summed E-state index contributed by atoms with van der Waals surface area (Å²) in [4.78, 5) is 31.8. The number of aryl methyl sites for hydroxylation is 1. The number of fused-ring (bicyclic) bond motifs is 2. The molecule has 2 saturated heterocycles. The molecule has 0 spiro atoms. The summed E-state index contributed by atoms with van der Waals surface area (Å²) in [6, 6.07) is 15.8. The van der Waals surface area contributed by atoms with Crippen molar-refractivity contribution in [1.29, 1.82) is 0 Å². The Labute approximate surface area is 172 Å². The molecule has 0 saturated carbocycles. The van der Waals surface area contributed by atoms with Crippen LogP contribution in [0.3, 0.4) is 0 Å². The van der Waals surface area contributed by atoms with Gasteiger partial charge in [-0.05, 0) is 56.2 Å². The van der Waals surface area contributed by atoms with Gasteiger partial charge >= 0.3 is 6.09 Å². The fourth-order valence-electron chi connectivity index (χ4n) is 4.74. The van der Waals surface area contributed by atoms with Crippen molar-refractivity contribution in [1.82, 2.24) is 9.88 Å². The van der Waals surface area contributed by atoms with Crippen molar-refractivity contribution in [3.63, 3.8) is 0 Å². The molecule has 1 aromatic carbocycles. The average Bonchev–Trinajstić information content (AvgIpc) is 2.76. The maximum absolute atomic E-state index is 12.8. The number of hydrogen-bond donors (Lipinski definition) is 0. The minimum absolute atomic E-state index is 0.0483. The average molecular weight is 392 g/mol. The van der Waals surface area contributed by atoms with Gasteiger partial charge in [-0.1, -0.05) is 36.4 Å². The molecule has 4 rings (SSSR count). The molecule has 152 valence electrons. The zero-order chi connectivity index (χ0) is 20.1. The number of carbonyl (C=O) groups is 2. The largest absolute Gasteiger partial charge is 0.445 e. The first-order chi connectivity index (χ1) is 14.2. The molecule has 3 heterocycles. The maximum atomic E-state index is 12.8. The highest BCUT2D eigenvalue weighted by molar-refractivity contribution is 5.82. The fraction of sp³-hybridized carbons (Fsp3) is 0.458. The molecule has 5 nitrogen and oxygen atoms in total. The summed E-state index contributed by atoms with van der Waals surface area (Å²) in [6.07, 6.45) is 7.31. The molecule has 0 radical (unpaired) electrons. The van der Waals surface area contributed by atoms with Gasteiger partial charge in [-0.25, -0.2) is 4.79 Å². The lowest BCUT2D eigenvalue weighted by Crippen LogP contribution is -2.55. The van der Waals surface area contributed by atoms with Crippen molar-refractivity contribution in [3.05, 3.63) is 66.0 Å². The first-order valence-corrected chi connectivity index (χ1v) is 10.6. The van der Waals surface area contributed by atoms with E-state index in [1.54, 1.807) is 6.20 Å². The van der Waals surface area contributed by atoms with E-state index in [9.17, 15) is 9.59 Å². The zero-order valence-corrected chi connectivity index (χ0v) is 16.7. The Balaban J connectivity index is 1.33. The summed E-state index contributed by atoms with van der Waals surface area (Å²) in [6.45, 7) is 0.294. The van der Waals surface area contributed by atoms with Crippen LogP contribution in [0.4, 0.5) is 4.79 Å². The molecule has 2 atom stereocenters. The number of piperidine rings is 2. The Hall–Kier alpha value is -2.69. The van der Waals surface area contributed by atoms with E-state index in [0.29, 0.717) is 25.2 Å². The van der Waals surface area contributed by atoms with Gasteiger partial charge in [-0.15, -0.1) is 0 Å².